The van der Waals surface area contributed by atoms with Crippen LogP contribution in [0.15, 0.2) is 28.1 Å². The van der Waals surface area contributed by atoms with Gasteiger partial charge in [0.15, 0.2) is 5.96 Å². The molecule has 0 aliphatic carbocycles. The lowest BCUT2D eigenvalue weighted by atomic mass is 10.1. The molecule has 0 fully saturated rings. The van der Waals surface area contributed by atoms with Gasteiger partial charge in [-0.2, -0.15) is 0 Å². The van der Waals surface area contributed by atoms with Crippen LogP contribution in [0.2, 0.25) is 0 Å². The van der Waals surface area contributed by atoms with Crippen LogP contribution < -0.4 is 10.6 Å². The minimum Gasteiger partial charge on any atom is -0.356 e. The molecule has 154 valence electrons. The first-order valence-electron chi connectivity index (χ1n) is 9.70. The molecule has 0 saturated heterocycles. The smallest absolute Gasteiger partial charge is 0.191 e. The van der Waals surface area contributed by atoms with Gasteiger partial charge < -0.3 is 15.2 Å². The van der Waals surface area contributed by atoms with Crippen molar-refractivity contribution in [3.63, 3.8) is 0 Å². The zero-order valence-corrected chi connectivity index (χ0v) is 20.1. The first-order valence-corrected chi connectivity index (χ1v) is 10.9. The van der Waals surface area contributed by atoms with E-state index >= 15 is 0 Å². The fraction of sp³-hybridized carbons (Fsp3) is 0.550. The van der Waals surface area contributed by atoms with Crippen molar-refractivity contribution in [2.45, 2.75) is 57.0 Å². The van der Waals surface area contributed by atoms with Crippen molar-refractivity contribution in [1.29, 1.82) is 0 Å². The van der Waals surface area contributed by atoms with Gasteiger partial charge >= 0.3 is 0 Å². The van der Waals surface area contributed by atoms with Crippen LogP contribution in [0.5, 0.6) is 0 Å². The van der Waals surface area contributed by atoms with Gasteiger partial charge in [0.1, 0.15) is 11.6 Å². The van der Waals surface area contributed by atoms with Crippen LogP contribution >= 0.6 is 35.7 Å². The van der Waals surface area contributed by atoms with Crippen LogP contribution in [0.25, 0.3) is 0 Å². The number of benzene rings is 1. The highest BCUT2D eigenvalue weighted by atomic mass is 127. The van der Waals surface area contributed by atoms with Crippen molar-refractivity contribution in [2.75, 3.05) is 19.8 Å². The number of nitrogens with one attached hydrogen (secondary N) is 2. The zero-order chi connectivity index (χ0) is 19.1. The summed E-state index contributed by atoms with van der Waals surface area (Å²) in [5.41, 5.74) is 2.58. The summed E-state index contributed by atoms with van der Waals surface area (Å²) < 4.78 is 2.31. The largest absolute Gasteiger partial charge is 0.356 e. The van der Waals surface area contributed by atoms with E-state index in [0.717, 1.165) is 50.1 Å². The molecular formula is C20H31IN6S. The first kappa shape index (κ1) is 23.0. The molecule has 0 atom stereocenters. The standard InChI is InChI=1S/C20H30N6S.HI/c1-15-8-9-16(17(13-15)27-3)14-23-20(21-2)22-11-10-19-25-24-18-7-5-4-6-12-26(18)19;/h8-9,13H,4-7,10-12,14H2,1-3H3,(H2,21,22,23);1H. The number of hydrogen-bond donors (Lipinski definition) is 2. The molecule has 6 nitrogen and oxygen atoms in total. The number of aryl methyl sites for hydroxylation is 2. The average Bonchev–Trinajstić information content (AvgIpc) is 2.91. The second-order valence-corrected chi connectivity index (χ2v) is 7.76. The molecule has 2 N–H and O–H groups in total. The van der Waals surface area contributed by atoms with Gasteiger partial charge in [-0.05, 0) is 43.2 Å². The number of halogens is 1. The predicted octanol–water partition coefficient (Wildman–Crippen LogP) is 3.56. The van der Waals surface area contributed by atoms with E-state index in [-0.39, 0.29) is 24.0 Å². The molecule has 28 heavy (non-hydrogen) atoms. The number of hydrogen-bond acceptors (Lipinski definition) is 4. The minimum absolute atomic E-state index is 0. The van der Waals surface area contributed by atoms with E-state index in [9.17, 15) is 0 Å². The summed E-state index contributed by atoms with van der Waals surface area (Å²) in [6, 6.07) is 6.58. The monoisotopic (exact) mass is 514 g/mol. The third-order valence-corrected chi connectivity index (χ3v) is 5.76. The quantitative estimate of drug-likeness (QED) is 0.267. The van der Waals surface area contributed by atoms with Crippen LogP contribution in [0.4, 0.5) is 0 Å². The highest BCUT2D eigenvalue weighted by molar-refractivity contribution is 14.0. The highest BCUT2D eigenvalue weighted by Crippen LogP contribution is 2.21. The maximum absolute atomic E-state index is 4.40. The number of aliphatic imine (C=N–C) groups is 1. The topological polar surface area (TPSA) is 67.1 Å². The van der Waals surface area contributed by atoms with Crippen molar-refractivity contribution in [2.24, 2.45) is 4.99 Å². The zero-order valence-electron chi connectivity index (χ0n) is 17.0. The molecule has 8 heteroatoms. The van der Waals surface area contributed by atoms with Crippen LogP contribution in [0.1, 0.15) is 42.0 Å². The van der Waals surface area contributed by atoms with Crippen LogP contribution in [0, 0.1) is 6.92 Å². The molecule has 1 aliphatic heterocycles. The van der Waals surface area contributed by atoms with Gasteiger partial charge in [0.05, 0.1) is 0 Å². The molecule has 2 heterocycles. The summed E-state index contributed by atoms with van der Waals surface area (Å²) in [5, 5.41) is 15.6. The molecule has 0 spiro atoms. The Balaban J connectivity index is 0.00000280. The summed E-state index contributed by atoms with van der Waals surface area (Å²) in [7, 11) is 1.81. The summed E-state index contributed by atoms with van der Waals surface area (Å²) in [6.45, 7) is 4.73. The Labute approximate surface area is 189 Å². The fourth-order valence-electron chi connectivity index (χ4n) is 3.42. The van der Waals surface area contributed by atoms with Crippen LogP contribution in [-0.2, 0) is 25.9 Å². The second-order valence-electron chi connectivity index (χ2n) is 6.91. The second kappa shape index (κ2) is 11.6. The molecule has 0 amide bonds. The van der Waals surface area contributed by atoms with Gasteiger partial charge in [-0.15, -0.1) is 45.9 Å². The third kappa shape index (κ3) is 6.10. The summed E-state index contributed by atoms with van der Waals surface area (Å²) in [5.74, 6) is 3.05. The number of fused-ring (bicyclic) bond motifs is 1. The minimum atomic E-state index is 0. The normalized spacial score (nSPS) is 14.0. The molecule has 1 aromatic heterocycles. The summed E-state index contributed by atoms with van der Waals surface area (Å²) in [4.78, 5) is 5.65. The molecule has 1 aliphatic rings. The van der Waals surface area contributed by atoms with Gasteiger partial charge in [-0.25, -0.2) is 0 Å². The SMILES string of the molecule is CN=C(NCCc1nnc2n1CCCCC2)NCc1ccc(C)cc1SC.I. The third-order valence-electron chi connectivity index (χ3n) is 4.94. The van der Waals surface area contributed by atoms with Crippen molar-refractivity contribution in [1.82, 2.24) is 25.4 Å². The number of thioether (sulfide) groups is 1. The lowest BCUT2D eigenvalue weighted by Crippen LogP contribution is -2.38. The molecular weight excluding hydrogens is 483 g/mol. The Hall–Kier alpha value is -1.29. The molecule has 1 aromatic carbocycles. The van der Waals surface area contributed by atoms with E-state index in [1.54, 1.807) is 11.8 Å². The Morgan fingerprint density at radius 3 is 2.86 bits per heavy atom. The van der Waals surface area contributed by atoms with E-state index in [4.69, 9.17) is 0 Å². The summed E-state index contributed by atoms with van der Waals surface area (Å²) >= 11 is 1.78. The van der Waals surface area contributed by atoms with Gasteiger partial charge in [0.2, 0.25) is 0 Å². The lowest BCUT2D eigenvalue weighted by Gasteiger charge is -2.14. The maximum atomic E-state index is 4.40. The number of aromatic nitrogens is 3. The molecule has 0 saturated carbocycles. The van der Waals surface area contributed by atoms with Gasteiger partial charge in [0, 0.05) is 44.4 Å². The first-order chi connectivity index (χ1) is 13.2. The summed E-state index contributed by atoms with van der Waals surface area (Å²) in [6.07, 6.45) is 7.76. The van der Waals surface area contributed by atoms with Gasteiger partial charge in [-0.3, -0.25) is 4.99 Å². The number of nitrogens with zero attached hydrogens (tertiary/aromatic N) is 4. The maximum Gasteiger partial charge on any atom is 0.191 e. The number of rotatable bonds is 6. The lowest BCUT2D eigenvalue weighted by molar-refractivity contribution is 0.600. The Morgan fingerprint density at radius 1 is 1.21 bits per heavy atom. The van der Waals surface area contributed by atoms with E-state index in [0.29, 0.717) is 0 Å². The highest BCUT2D eigenvalue weighted by Gasteiger charge is 2.14. The van der Waals surface area contributed by atoms with Crippen LogP contribution in [-0.4, -0.2) is 40.6 Å². The Kier molecular flexibility index (Phi) is 9.57. The molecule has 0 unspecified atom stereocenters. The van der Waals surface area contributed by atoms with Crippen molar-refractivity contribution < 1.29 is 0 Å². The Morgan fingerprint density at radius 2 is 2.07 bits per heavy atom. The average molecular weight is 514 g/mol. The van der Waals surface area contributed by atoms with Crippen molar-refractivity contribution >= 4 is 41.7 Å². The van der Waals surface area contributed by atoms with Gasteiger partial charge in [-0.1, -0.05) is 18.6 Å². The van der Waals surface area contributed by atoms with E-state index in [2.05, 4.69) is 61.8 Å². The molecule has 0 radical (unpaired) electrons. The molecule has 3 rings (SSSR count). The predicted molar refractivity (Wildman–Crippen MR) is 128 cm³/mol. The molecule has 0 bridgehead atoms. The van der Waals surface area contributed by atoms with Crippen molar-refractivity contribution in [3.8, 4) is 0 Å². The van der Waals surface area contributed by atoms with Crippen LogP contribution in [0.3, 0.4) is 0 Å². The van der Waals surface area contributed by atoms with E-state index < -0.39 is 0 Å². The molecule has 2 aromatic rings. The fourth-order valence-corrected chi connectivity index (χ4v) is 4.13. The van der Waals surface area contributed by atoms with E-state index in [1.165, 1.54) is 35.3 Å². The number of guanidine groups is 1. The van der Waals surface area contributed by atoms with E-state index in [1.807, 2.05) is 7.05 Å². The van der Waals surface area contributed by atoms with Crippen molar-refractivity contribution in [3.05, 3.63) is 41.0 Å². The van der Waals surface area contributed by atoms with Gasteiger partial charge in [0.25, 0.3) is 0 Å². The Bertz CT molecular complexity index is 789.